The van der Waals surface area contributed by atoms with Crippen molar-refractivity contribution in [3.63, 3.8) is 0 Å². The van der Waals surface area contributed by atoms with Crippen molar-refractivity contribution in [2.24, 2.45) is 0 Å². The SMILES string of the molecule is O=C1CCc2cc(NCc3ccc(O)cc3)ccc2N1. The van der Waals surface area contributed by atoms with Crippen LogP contribution >= 0.6 is 0 Å². The first-order valence-corrected chi connectivity index (χ1v) is 6.65. The maximum absolute atomic E-state index is 11.3. The maximum Gasteiger partial charge on any atom is 0.224 e. The Labute approximate surface area is 117 Å². The minimum atomic E-state index is 0.0855. The van der Waals surface area contributed by atoms with Gasteiger partial charge in [-0.2, -0.15) is 0 Å². The highest BCUT2D eigenvalue weighted by Gasteiger charge is 2.14. The van der Waals surface area contributed by atoms with Gasteiger partial charge in [-0.3, -0.25) is 4.79 Å². The molecular formula is C16H16N2O2. The van der Waals surface area contributed by atoms with E-state index in [0.717, 1.165) is 23.4 Å². The molecule has 0 spiro atoms. The van der Waals surface area contributed by atoms with Crippen molar-refractivity contribution in [1.82, 2.24) is 0 Å². The van der Waals surface area contributed by atoms with Crippen LogP contribution in [0.2, 0.25) is 0 Å². The van der Waals surface area contributed by atoms with Crippen molar-refractivity contribution in [3.05, 3.63) is 53.6 Å². The Morgan fingerprint density at radius 3 is 2.70 bits per heavy atom. The van der Waals surface area contributed by atoms with Gasteiger partial charge in [-0.1, -0.05) is 12.1 Å². The van der Waals surface area contributed by atoms with Crippen molar-refractivity contribution < 1.29 is 9.90 Å². The lowest BCUT2D eigenvalue weighted by molar-refractivity contribution is -0.116. The number of benzene rings is 2. The minimum absolute atomic E-state index is 0.0855. The standard InChI is InChI=1S/C16H16N2O2/c19-14-5-1-11(2-6-14)10-17-13-4-7-15-12(9-13)3-8-16(20)18-15/h1-2,4-7,9,17,19H,3,8,10H2,(H,18,20). The van der Waals surface area contributed by atoms with Gasteiger partial charge in [0.15, 0.2) is 0 Å². The molecule has 0 aliphatic carbocycles. The smallest absolute Gasteiger partial charge is 0.224 e. The molecule has 0 atom stereocenters. The molecule has 2 aromatic rings. The number of carbonyl (C=O) groups excluding carboxylic acids is 1. The molecule has 0 aromatic heterocycles. The number of rotatable bonds is 3. The van der Waals surface area contributed by atoms with Crippen LogP contribution in [-0.2, 0) is 17.8 Å². The van der Waals surface area contributed by atoms with Gasteiger partial charge in [0.1, 0.15) is 5.75 Å². The maximum atomic E-state index is 11.3. The molecule has 102 valence electrons. The first kappa shape index (κ1) is 12.5. The molecule has 3 rings (SSSR count). The average Bonchev–Trinajstić information content (AvgIpc) is 2.46. The molecule has 4 nitrogen and oxygen atoms in total. The van der Waals surface area contributed by atoms with Crippen LogP contribution < -0.4 is 10.6 Å². The van der Waals surface area contributed by atoms with E-state index in [0.29, 0.717) is 13.0 Å². The molecule has 3 N–H and O–H groups in total. The number of aromatic hydroxyl groups is 1. The lowest BCUT2D eigenvalue weighted by Gasteiger charge is -2.18. The van der Waals surface area contributed by atoms with Gasteiger partial charge in [0.25, 0.3) is 0 Å². The van der Waals surface area contributed by atoms with Crippen LogP contribution in [-0.4, -0.2) is 11.0 Å². The van der Waals surface area contributed by atoms with E-state index in [9.17, 15) is 9.90 Å². The first-order valence-electron chi connectivity index (χ1n) is 6.65. The van der Waals surface area contributed by atoms with Crippen LogP contribution in [0.3, 0.4) is 0 Å². The summed E-state index contributed by atoms with van der Waals surface area (Å²) in [6.45, 7) is 0.700. The average molecular weight is 268 g/mol. The number of phenolic OH excluding ortho intramolecular Hbond substituents is 1. The zero-order valence-corrected chi connectivity index (χ0v) is 11.0. The molecule has 1 aliphatic heterocycles. The molecule has 0 saturated heterocycles. The molecule has 1 aliphatic rings. The van der Waals surface area contributed by atoms with Crippen LogP contribution in [0.4, 0.5) is 11.4 Å². The summed E-state index contributed by atoms with van der Waals surface area (Å²) < 4.78 is 0. The van der Waals surface area contributed by atoms with E-state index in [2.05, 4.69) is 16.7 Å². The largest absolute Gasteiger partial charge is 0.508 e. The van der Waals surface area contributed by atoms with E-state index >= 15 is 0 Å². The van der Waals surface area contributed by atoms with E-state index in [1.165, 1.54) is 5.56 Å². The number of carbonyl (C=O) groups is 1. The Bertz CT molecular complexity index is 635. The zero-order chi connectivity index (χ0) is 13.9. The van der Waals surface area contributed by atoms with E-state index < -0.39 is 0 Å². The summed E-state index contributed by atoms with van der Waals surface area (Å²) >= 11 is 0. The second-order valence-corrected chi connectivity index (χ2v) is 4.94. The molecule has 1 heterocycles. The third-order valence-corrected chi connectivity index (χ3v) is 3.43. The summed E-state index contributed by atoms with van der Waals surface area (Å²) in [4.78, 5) is 11.3. The predicted molar refractivity (Wildman–Crippen MR) is 78.8 cm³/mol. The van der Waals surface area contributed by atoms with Crippen LogP contribution in [0.15, 0.2) is 42.5 Å². The summed E-state index contributed by atoms with van der Waals surface area (Å²) in [5, 5.41) is 15.5. The highest BCUT2D eigenvalue weighted by atomic mass is 16.3. The topological polar surface area (TPSA) is 61.4 Å². The zero-order valence-electron chi connectivity index (χ0n) is 11.0. The number of hydrogen-bond acceptors (Lipinski definition) is 3. The molecule has 0 unspecified atom stereocenters. The number of aryl methyl sites for hydroxylation is 1. The van der Waals surface area contributed by atoms with Gasteiger partial charge in [-0.05, 0) is 47.9 Å². The number of nitrogens with one attached hydrogen (secondary N) is 2. The fraction of sp³-hybridized carbons (Fsp3) is 0.188. The Morgan fingerprint density at radius 2 is 1.90 bits per heavy atom. The monoisotopic (exact) mass is 268 g/mol. The Morgan fingerprint density at radius 1 is 1.10 bits per heavy atom. The third kappa shape index (κ3) is 2.74. The van der Waals surface area contributed by atoms with Gasteiger partial charge in [0, 0.05) is 24.3 Å². The van der Waals surface area contributed by atoms with E-state index in [1.807, 2.05) is 24.3 Å². The van der Waals surface area contributed by atoms with Gasteiger partial charge in [0.2, 0.25) is 5.91 Å². The van der Waals surface area contributed by atoms with Crippen molar-refractivity contribution in [3.8, 4) is 5.75 Å². The van der Waals surface area contributed by atoms with Crippen molar-refractivity contribution in [1.29, 1.82) is 0 Å². The molecule has 1 amide bonds. The minimum Gasteiger partial charge on any atom is -0.508 e. The summed E-state index contributed by atoms with van der Waals surface area (Å²) in [5.74, 6) is 0.362. The quantitative estimate of drug-likeness (QED) is 0.802. The van der Waals surface area contributed by atoms with Gasteiger partial charge in [-0.15, -0.1) is 0 Å². The van der Waals surface area contributed by atoms with Crippen LogP contribution in [0.25, 0.3) is 0 Å². The predicted octanol–water partition coefficient (Wildman–Crippen LogP) is 2.89. The highest BCUT2D eigenvalue weighted by Crippen LogP contribution is 2.26. The van der Waals surface area contributed by atoms with E-state index in [4.69, 9.17) is 0 Å². The normalized spacial score (nSPS) is 13.5. The summed E-state index contributed by atoms with van der Waals surface area (Å²) in [5.41, 5.74) is 4.22. The number of hydrogen-bond donors (Lipinski definition) is 3. The number of anilines is 2. The number of amides is 1. The van der Waals surface area contributed by atoms with Crippen LogP contribution in [0.5, 0.6) is 5.75 Å². The fourth-order valence-electron chi connectivity index (χ4n) is 2.31. The van der Waals surface area contributed by atoms with Gasteiger partial charge in [0.05, 0.1) is 0 Å². The van der Waals surface area contributed by atoms with Gasteiger partial charge < -0.3 is 15.7 Å². The molecule has 4 heteroatoms. The van der Waals surface area contributed by atoms with E-state index in [1.54, 1.807) is 12.1 Å². The molecule has 20 heavy (non-hydrogen) atoms. The summed E-state index contributed by atoms with van der Waals surface area (Å²) in [6.07, 6.45) is 1.34. The van der Waals surface area contributed by atoms with Gasteiger partial charge >= 0.3 is 0 Å². The van der Waals surface area contributed by atoms with Crippen molar-refractivity contribution >= 4 is 17.3 Å². The van der Waals surface area contributed by atoms with Crippen LogP contribution in [0, 0.1) is 0 Å². The molecule has 0 bridgehead atoms. The lowest BCUT2D eigenvalue weighted by Crippen LogP contribution is -2.18. The molecule has 0 fully saturated rings. The summed E-state index contributed by atoms with van der Waals surface area (Å²) in [7, 11) is 0. The Hall–Kier alpha value is -2.49. The second kappa shape index (κ2) is 5.25. The first-order chi connectivity index (χ1) is 9.70. The third-order valence-electron chi connectivity index (χ3n) is 3.43. The van der Waals surface area contributed by atoms with Crippen molar-refractivity contribution in [2.75, 3.05) is 10.6 Å². The van der Waals surface area contributed by atoms with Gasteiger partial charge in [-0.25, -0.2) is 0 Å². The second-order valence-electron chi connectivity index (χ2n) is 4.94. The molecule has 2 aromatic carbocycles. The summed E-state index contributed by atoms with van der Waals surface area (Å²) in [6, 6.07) is 13.1. The van der Waals surface area contributed by atoms with Crippen molar-refractivity contribution in [2.45, 2.75) is 19.4 Å². The fourth-order valence-corrected chi connectivity index (χ4v) is 2.31. The highest BCUT2D eigenvalue weighted by molar-refractivity contribution is 5.94. The molecule has 0 saturated carbocycles. The van der Waals surface area contributed by atoms with E-state index in [-0.39, 0.29) is 11.7 Å². The van der Waals surface area contributed by atoms with Crippen LogP contribution in [0.1, 0.15) is 17.5 Å². The molecular weight excluding hydrogens is 252 g/mol. The Kier molecular flexibility index (Phi) is 3.29. The number of fused-ring (bicyclic) bond motifs is 1. The lowest BCUT2D eigenvalue weighted by atomic mass is 10.0. The molecule has 0 radical (unpaired) electrons. The Balaban J connectivity index is 1.69. The number of phenols is 1.